The molecule has 1 fully saturated rings. The third-order valence-electron chi connectivity index (χ3n) is 2.59. The van der Waals surface area contributed by atoms with Crippen molar-refractivity contribution in [1.82, 2.24) is 9.97 Å². The van der Waals surface area contributed by atoms with Gasteiger partial charge in [-0.25, -0.2) is 9.97 Å². The second-order valence-corrected chi connectivity index (χ2v) is 4.62. The average molecular weight is 248 g/mol. The van der Waals surface area contributed by atoms with Gasteiger partial charge in [-0.1, -0.05) is 0 Å². The molecule has 0 aromatic carbocycles. The van der Waals surface area contributed by atoms with Gasteiger partial charge in [-0.3, -0.25) is 0 Å². The van der Waals surface area contributed by atoms with Gasteiger partial charge in [0, 0.05) is 6.54 Å². The van der Waals surface area contributed by atoms with Gasteiger partial charge in [-0.15, -0.1) is 0 Å². The predicted molar refractivity (Wildman–Crippen MR) is 64.9 cm³/mol. The van der Waals surface area contributed by atoms with Crippen LogP contribution in [-0.4, -0.2) is 35.0 Å². The first kappa shape index (κ1) is 12.7. The lowest BCUT2D eigenvalue weighted by Crippen LogP contribution is -2.26. The van der Waals surface area contributed by atoms with Gasteiger partial charge in [0.25, 0.3) is 0 Å². The van der Waals surface area contributed by atoms with E-state index in [0.29, 0.717) is 30.4 Å². The summed E-state index contributed by atoms with van der Waals surface area (Å²) in [6, 6.07) is 2.05. The molecule has 2 heterocycles. The summed E-state index contributed by atoms with van der Waals surface area (Å²) in [4.78, 5) is 8.18. The largest absolute Gasteiger partial charge is 0.366 e. The molecule has 1 atom stereocenters. The van der Waals surface area contributed by atoms with E-state index in [2.05, 4.69) is 21.4 Å². The number of rotatable bonds is 3. The Morgan fingerprint density at radius 2 is 2.39 bits per heavy atom. The first-order chi connectivity index (χ1) is 8.50. The molecule has 1 aliphatic rings. The van der Waals surface area contributed by atoms with Crippen LogP contribution in [-0.2, 0) is 9.47 Å². The maximum atomic E-state index is 8.96. The van der Waals surface area contributed by atoms with Crippen LogP contribution in [0.3, 0.4) is 0 Å². The monoisotopic (exact) mass is 248 g/mol. The van der Waals surface area contributed by atoms with Crippen LogP contribution in [0.1, 0.15) is 25.2 Å². The number of nitrogens with one attached hydrogen (secondary N) is 1. The Balaban J connectivity index is 1.99. The molecule has 0 bridgehead atoms. The van der Waals surface area contributed by atoms with Crippen molar-refractivity contribution in [3.8, 4) is 6.07 Å². The predicted octanol–water partition coefficient (Wildman–Crippen LogP) is 1.22. The van der Waals surface area contributed by atoms with E-state index in [4.69, 9.17) is 14.7 Å². The highest BCUT2D eigenvalue weighted by molar-refractivity contribution is 5.50. The van der Waals surface area contributed by atoms with Gasteiger partial charge in [0.15, 0.2) is 5.79 Å². The zero-order valence-corrected chi connectivity index (χ0v) is 10.7. The highest BCUT2D eigenvalue weighted by Gasteiger charge is 2.32. The molecule has 1 N–H and O–H groups in total. The summed E-state index contributed by atoms with van der Waals surface area (Å²) in [5.74, 6) is 0.630. The fourth-order valence-electron chi connectivity index (χ4n) is 1.76. The molecule has 0 aliphatic carbocycles. The van der Waals surface area contributed by atoms with E-state index in [0.717, 1.165) is 0 Å². The maximum absolute atomic E-state index is 8.96. The number of aryl methyl sites for hydroxylation is 1. The molecule has 2 rings (SSSR count). The van der Waals surface area contributed by atoms with Crippen LogP contribution < -0.4 is 5.32 Å². The minimum absolute atomic E-state index is 0.0400. The zero-order chi connectivity index (χ0) is 13.2. The van der Waals surface area contributed by atoms with Crippen LogP contribution in [0.5, 0.6) is 0 Å². The summed E-state index contributed by atoms with van der Waals surface area (Å²) in [7, 11) is 0. The standard InChI is InChI=1S/C12H16N4O2/c1-8-14-5-9(4-13)11(16-8)15-6-10-7-17-12(2,3)18-10/h5,10H,6-7H2,1-3H3,(H,14,15,16). The third kappa shape index (κ3) is 2.94. The van der Waals surface area contributed by atoms with Gasteiger partial charge in [-0.2, -0.15) is 5.26 Å². The molecule has 0 spiro atoms. The first-order valence-corrected chi connectivity index (χ1v) is 5.79. The lowest BCUT2D eigenvalue weighted by Gasteiger charge is -2.17. The summed E-state index contributed by atoms with van der Waals surface area (Å²) < 4.78 is 11.1. The van der Waals surface area contributed by atoms with Gasteiger partial charge >= 0.3 is 0 Å². The number of ether oxygens (including phenoxy) is 2. The molecule has 1 unspecified atom stereocenters. The van der Waals surface area contributed by atoms with Crippen LogP contribution >= 0.6 is 0 Å². The van der Waals surface area contributed by atoms with Crippen molar-refractivity contribution < 1.29 is 9.47 Å². The van der Waals surface area contributed by atoms with Crippen molar-refractivity contribution in [2.75, 3.05) is 18.5 Å². The molecular weight excluding hydrogens is 232 g/mol. The van der Waals surface area contributed by atoms with Crippen LogP contribution in [0.25, 0.3) is 0 Å². The molecule has 1 aromatic heterocycles. The SMILES string of the molecule is Cc1ncc(C#N)c(NCC2COC(C)(C)O2)n1. The molecule has 0 radical (unpaired) electrons. The number of hydrogen-bond acceptors (Lipinski definition) is 6. The highest BCUT2D eigenvalue weighted by atomic mass is 16.7. The van der Waals surface area contributed by atoms with E-state index < -0.39 is 5.79 Å². The quantitative estimate of drug-likeness (QED) is 0.866. The lowest BCUT2D eigenvalue weighted by atomic mass is 10.3. The highest BCUT2D eigenvalue weighted by Crippen LogP contribution is 2.22. The van der Waals surface area contributed by atoms with Gasteiger partial charge in [0.05, 0.1) is 12.8 Å². The Bertz CT molecular complexity index is 481. The van der Waals surface area contributed by atoms with Crippen LogP contribution in [0.4, 0.5) is 5.82 Å². The molecule has 1 aliphatic heterocycles. The summed E-state index contributed by atoms with van der Waals surface area (Å²) in [5.41, 5.74) is 0.429. The molecule has 1 saturated heterocycles. The van der Waals surface area contributed by atoms with Crippen molar-refractivity contribution >= 4 is 5.82 Å². The van der Waals surface area contributed by atoms with Crippen LogP contribution in [0, 0.1) is 18.3 Å². The van der Waals surface area contributed by atoms with Crippen molar-refractivity contribution in [3.05, 3.63) is 17.6 Å². The third-order valence-corrected chi connectivity index (χ3v) is 2.59. The molecule has 1 aromatic rings. The molecular formula is C12H16N4O2. The minimum Gasteiger partial charge on any atom is -0.366 e. The minimum atomic E-state index is -0.536. The van der Waals surface area contributed by atoms with Crippen LogP contribution in [0.2, 0.25) is 0 Å². The molecule has 96 valence electrons. The number of nitriles is 1. The number of hydrogen-bond donors (Lipinski definition) is 1. The lowest BCUT2D eigenvalue weighted by molar-refractivity contribution is -0.136. The summed E-state index contributed by atoms with van der Waals surface area (Å²) in [6.45, 7) is 6.62. The van der Waals surface area contributed by atoms with Gasteiger partial charge < -0.3 is 14.8 Å². The first-order valence-electron chi connectivity index (χ1n) is 5.79. The van der Waals surface area contributed by atoms with Gasteiger partial charge in [0.2, 0.25) is 0 Å². The Hall–Kier alpha value is -1.71. The summed E-state index contributed by atoms with van der Waals surface area (Å²) in [5, 5.41) is 12.1. The average Bonchev–Trinajstić information content (AvgIpc) is 2.66. The molecule has 0 saturated carbocycles. The van der Waals surface area contributed by atoms with E-state index in [1.807, 2.05) is 13.8 Å². The smallest absolute Gasteiger partial charge is 0.163 e. The molecule has 0 amide bonds. The van der Waals surface area contributed by atoms with Gasteiger partial charge in [-0.05, 0) is 20.8 Å². The van der Waals surface area contributed by atoms with E-state index >= 15 is 0 Å². The van der Waals surface area contributed by atoms with Crippen LogP contribution in [0.15, 0.2) is 6.20 Å². The van der Waals surface area contributed by atoms with E-state index in [9.17, 15) is 0 Å². The van der Waals surface area contributed by atoms with Crippen molar-refractivity contribution in [1.29, 1.82) is 5.26 Å². The van der Waals surface area contributed by atoms with E-state index in [1.165, 1.54) is 6.20 Å². The van der Waals surface area contributed by atoms with E-state index in [1.54, 1.807) is 6.92 Å². The maximum Gasteiger partial charge on any atom is 0.163 e. The number of anilines is 1. The molecule has 6 nitrogen and oxygen atoms in total. The summed E-state index contributed by atoms with van der Waals surface area (Å²) in [6.07, 6.45) is 1.47. The normalized spacial score (nSPS) is 21.6. The second kappa shape index (κ2) is 4.88. The Kier molecular flexibility index (Phi) is 3.45. The number of nitrogens with zero attached hydrogens (tertiary/aromatic N) is 3. The van der Waals surface area contributed by atoms with Crippen molar-refractivity contribution in [2.24, 2.45) is 0 Å². The van der Waals surface area contributed by atoms with E-state index in [-0.39, 0.29) is 6.10 Å². The Labute approximate surface area is 106 Å². The Morgan fingerprint density at radius 1 is 1.61 bits per heavy atom. The molecule has 6 heteroatoms. The zero-order valence-electron chi connectivity index (χ0n) is 10.7. The Morgan fingerprint density at radius 3 is 3.00 bits per heavy atom. The van der Waals surface area contributed by atoms with Crippen molar-refractivity contribution in [3.63, 3.8) is 0 Å². The fourth-order valence-corrected chi connectivity index (χ4v) is 1.76. The van der Waals surface area contributed by atoms with Crippen molar-refractivity contribution in [2.45, 2.75) is 32.7 Å². The fraction of sp³-hybridized carbons (Fsp3) is 0.583. The molecule has 18 heavy (non-hydrogen) atoms. The topological polar surface area (TPSA) is 80.1 Å². The van der Waals surface area contributed by atoms with Gasteiger partial charge in [0.1, 0.15) is 29.4 Å². The summed E-state index contributed by atoms with van der Waals surface area (Å²) >= 11 is 0. The second-order valence-electron chi connectivity index (χ2n) is 4.62. The number of aromatic nitrogens is 2.